The van der Waals surface area contributed by atoms with Crippen LogP contribution in [-0.4, -0.2) is 64.0 Å². The number of aromatic nitrogens is 6. The minimum atomic E-state index is -4.98. The predicted octanol–water partition coefficient (Wildman–Crippen LogP) is -1.50. The van der Waals surface area contributed by atoms with Gasteiger partial charge in [-0.15, -0.1) is 10.2 Å². The molecule has 2 aromatic rings. The Morgan fingerprint density at radius 2 is 0.926 bits per heavy atom. The molecule has 0 saturated heterocycles. The van der Waals surface area contributed by atoms with E-state index < -0.39 is 66.1 Å². The van der Waals surface area contributed by atoms with Gasteiger partial charge in [-0.1, -0.05) is 15.2 Å². The maximum absolute atomic E-state index is 11.8. The van der Waals surface area contributed by atoms with E-state index in [0.29, 0.717) is 0 Å². The Bertz CT molecular complexity index is 896. The summed E-state index contributed by atoms with van der Waals surface area (Å²) < 4.78 is 120. The summed E-state index contributed by atoms with van der Waals surface area (Å²) in [5, 5.41) is 6.10. The van der Waals surface area contributed by atoms with Crippen molar-refractivity contribution in [1.82, 2.24) is 30.4 Å². The van der Waals surface area contributed by atoms with E-state index in [0.717, 1.165) is 0 Å². The fourth-order valence-electron chi connectivity index (χ4n) is 0.674. The van der Waals surface area contributed by atoms with Gasteiger partial charge in [-0.3, -0.25) is 0 Å². The lowest BCUT2D eigenvalue weighted by molar-refractivity contribution is 0.530. The fraction of sp³-hybridized carbons (Fsp3) is 0.200. The SMILES string of the molecule is C.O=S(=O)(F)c1n[nH]c(F)n1.O=S(=O)(F)c1n[nH]c(F)n1.O=S=O.O=S=O. The second kappa shape index (κ2) is 13.7. The van der Waals surface area contributed by atoms with Gasteiger partial charge in [0.25, 0.3) is 0 Å². The van der Waals surface area contributed by atoms with Crippen LogP contribution in [0.15, 0.2) is 10.3 Å². The second-order valence-corrected chi connectivity index (χ2v) is 5.58. The van der Waals surface area contributed by atoms with Crippen LogP contribution in [0.2, 0.25) is 0 Å². The highest BCUT2D eigenvalue weighted by Crippen LogP contribution is 2.03. The van der Waals surface area contributed by atoms with Crippen molar-refractivity contribution in [2.45, 2.75) is 17.7 Å². The largest absolute Gasteiger partial charge is 0.370 e. The smallest absolute Gasteiger partial charge is 0.234 e. The molecule has 2 N–H and O–H groups in total. The lowest BCUT2D eigenvalue weighted by Gasteiger charge is -1.78. The average molecular weight is 482 g/mol. The van der Waals surface area contributed by atoms with Crippen LogP contribution in [0.5, 0.6) is 0 Å². The van der Waals surface area contributed by atoms with E-state index in [1.54, 1.807) is 0 Å². The first kappa shape index (κ1) is 29.3. The van der Waals surface area contributed by atoms with E-state index >= 15 is 0 Å². The molecule has 2 aromatic heterocycles. The monoisotopic (exact) mass is 482 g/mol. The number of H-pyrrole nitrogens is 2. The molecule has 0 aliphatic carbocycles. The number of hydrogen-bond donors (Lipinski definition) is 2. The molecule has 0 aromatic carbocycles. The van der Waals surface area contributed by atoms with Gasteiger partial charge < -0.3 is 0 Å². The van der Waals surface area contributed by atoms with Crippen LogP contribution in [0.4, 0.5) is 16.6 Å². The van der Waals surface area contributed by atoms with Gasteiger partial charge in [-0.05, 0) is 0 Å². The molecule has 2 rings (SSSR count). The van der Waals surface area contributed by atoms with Crippen molar-refractivity contribution >= 4 is 43.6 Å². The van der Waals surface area contributed by atoms with Crippen LogP contribution >= 0.6 is 0 Å². The van der Waals surface area contributed by atoms with E-state index in [2.05, 4.69) is 20.2 Å². The summed E-state index contributed by atoms with van der Waals surface area (Å²) in [5.74, 6) is 0. The summed E-state index contributed by atoms with van der Waals surface area (Å²) >= 11 is -1.50. The Kier molecular flexibility index (Phi) is 14.9. The van der Waals surface area contributed by atoms with Crippen LogP contribution in [0.1, 0.15) is 7.43 Å². The molecule has 2 heterocycles. The second-order valence-electron chi connectivity index (χ2n) is 2.83. The molecular weight excluding hydrogens is 476 g/mol. The Balaban J connectivity index is -0.000000322. The Hall–Kier alpha value is -2.46. The molecule has 0 spiro atoms. The topological polar surface area (TPSA) is 220 Å². The van der Waals surface area contributed by atoms with Crippen molar-refractivity contribution in [3.63, 3.8) is 0 Å². The van der Waals surface area contributed by atoms with E-state index in [4.69, 9.17) is 16.8 Å². The van der Waals surface area contributed by atoms with Gasteiger partial charge in [0.15, 0.2) is 0 Å². The van der Waals surface area contributed by atoms with E-state index in [-0.39, 0.29) is 7.43 Å². The van der Waals surface area contributed by atoms with E-state index in [1.165, 1.54) is 10.2 Å². The molecule has 0 unspecified atom stereocenters. The van der Waals surface area contributed by atoms with Crippen LogP contribution in [0.3, 0.4) is 0 Å². The summed E-state index contributed by atoms with van der Waals surface area (Å²) in [4.78, 5) is 5.17. The van der Waals surface area contributed by atoms with Gasteiger partial charge >= 0.3 is 66.1 Å². The molecule has 0 aliphatic rings. The number of aromatic amines is 2. The molecule has 0 fully saturated rings. The van der Waals surface area contributed by atoms with Crippen molar-refractivity contribution in [1.29, 1.82) is 0 Å². The summed E-state index contributed by atoms with van der Waals surface area (Å²) in [6.07, 6.45) is -2.48. The summed E-state index contributed by atoms with van der Waals surface area (Å²) in [5.41, 5.74) is 0. The highest BCUT2D eigenvalue weighted by molar-refractivity contribution is 7.86. The molecule has 0 saturated carbocycles. The first-order valence-electron chi connectivity index (χ1n) is 4.72. The molecule has 0 amide bonds. The minimum absolute atomic E-state index is 0. The highest BCUT2D eigenvalue weighted by atomic mass is 32.3. The molecule has 0 aliphatic heterocycles. The Morgan fingerprint density at radius 3 is 1.00 bits per heavy atom. The van der Waals surface area contributed by atoms with Crippen molar-refractivity contribution in [3.05, 3.63) is 12.2 Å². The summed E-state index contributed by atoms with van der Waals surface area (Å²) in [6.45, 7) is 0. The van der Waals surface area contributed by atoms with Crippen molar-refractivity contribution in [2.24, 2.45) is 0 Å². The van der Waals surface area contributed by atoms with Crippen molar-refractivity contribution in [3.8, 4) is 0 Å². The first-order valence-corrected chi connectivity index (χ1v) is 8.82. The summed E-state index contributed by atoms with van der Waals surface area (Å²) in [7, 11) is -9.95. The molecule has 14 nitrogen and oxygen atoms in total. The predicted molar refractivity (Wildman–Crippen MR) is 73.8 cm³/mol. The number of nitrogens with zero attached hydrogens (tertiary/aromatic N) is 4. The van der Waals surface area contributed by atoms with Crippen LogP contribution < -0.4 is 0 Å². The van der Waals surface area contributed by atoms with Crippen molar-refractivity contribution < 1.29 is 50.2 Å². The zero-order valence-electron chi connectivity index (χ0n) is 11.2. The molecule has 156 valence electrons. The number of nitrogens with one attached hydrogen (secondary N) is 2. The maximum atomic E-state index is 11.8. The lowest BCUT2D eigenvalue weighted by atomic mass is 11.2. The van der Waals surface area contributed by atoms with Gasteiger partial charge in [-0.25, -0.2) is 10.2 Å². The third-order valence-electron chi connectivity index (χ3n) is 1.31. The van der Waals surface area contributed by atoms with Gasteiger partial charge in [0.2, 0.25) is 0 Å². The third kappa shape index (κ3) is 14.4. The molecule has 0 atom stereocenters. The normalized spacial score (nSPS) is 9.63. The molecule has 0 radical (unpaired) electrons. The molecule has 22 heteroatoms. The summed E-state index contributed by atoms with van der Waals surface area (Å²) in [6, 6.07) is 0. The maximum Gasteiger partial charge on any atom is 0.370 e. The highest BCUT2D eigenvalue weighted by Gasteiger charge is 2.18. The van der Waals surface area contributed by atoms with Crippen molar-refractivity contribution in [2.75, 3.05) is 0 Å². The number of halogens is 4. The van der Waals surface area contributed by atoms with Crippen LogP contribution in [0.25, 0.3) is 0 Å². The quantitative estimate of drug-likeness (QED) is 0.369. The Morgan fingerprint density at radius 1 is 0.704 bits per heavy atom. The van der Waals surface area contributed by atoms with Gasteiger partial charge in [0.1, 0.15) is 0 Å². The first-order chi connectivity index (χ1) is 11.8. The van der Waals surface area contributed by atoms with Gasteiger partial charge in [0, 0.05) is 0 Å². The fourth-order valence-corrected chi connectivity index (χ4v) is 1.36. The van der Waals surface area contributed by atoms with E-state index in [9.17, 15) is 33.4 Å². The number of rotatable bonds is 2. The van der Waals surface area contributed by atoms with Crippen LogP contribution in [-0.2, 0) is 43.6 Å². The standard InChI is InChI=1S/2C2HF2N3O2S.CH4.2O2S/c2*3-1-5-2(7-6-1)10(4,8)9;;2*1-3-2/h2*(H,5,6,7);1H4;;. The molecule has 27 heavy (non-hydrogen) atoms. The molecule has 0 bridgehead atoms. The minimum Gasteiger partial charge on any atom is -0.234 e. The Labute approximate surface area is 154 Å². The third-order valence-corrected chi connectivity index (χ3v) is 2.55. The number of hydrogen-bond acceptors (Lipinski definition) is 12. The lowest BCUT2D eigenvalue weighted by Crippen LogP contribution is -1.94. The van der Waals surface area contributed by atoms with Crippen LogP contribution in [0, 0.1) is 12.2 Å². The van der Waals surface area contributed by atoms with E-state index in [1.807, 2.05) is 0 Å². The van der Waals surface area contributed by atoms with Gasteiger partial charge in [0.05, 0.1) is 0 Å². The average Bonchev–Trinajstić information content (AvgIpc) is 3.09. The zero-order chi connectivity index (χ0) is 21.0. The van der Waals surface area contributed by atoms with Gasteiger partial charge in [-0.2, -0.15) is 52.4 Å². The molecular formula is C5H6F4N6O8S4. The zero-order valence-corrected chi connectivity index (χ0v) is 14.5.